The molecule has 0 saturated heterocycles. The van der Waals surface area contributed by atoms with Crippen LogP contribution in [0.3, 0.4) is 0 Å². The lowest BCUT2D eigenvalue weighted by molar-refractivity contribution is -0.384. The van der Waals surface area contributed by atoms with Crippen molar-refractivity contribution in [3.05, 3.63) is 62.1 Å². The van der Waals surface area contributed by atoms with Crippen LogP contribution in [0.25, 0.3) is 0 Å². The van der Waals surface area contributed by atoms with Crippen molar-refractivity contribution in [2.45, 2.75) is 6.42 Å². The van der Waals surface area contributed by atoms with Gasteiger partial charge in [-0.05, 0) is 30.2 Å². The topological polar surface area (TPSA) is 90.7 Å². The molecule has 8 heteroatoms. The van der Waals surface area contributed by atoms with E-state index in [-0.39, 0.29) is 17.2 Å². The first-order valence-electron chi connectivity index (χ1n) is 7.39. The molecular formula is C17H17BrN2O5. The molecule has 0 atom stereocenters. The molecule has 0 aromatic heterocycles. The summed E-state index contributed by atoms with van der Waals surface area (Å²) in [6.07, 6.45) is 0.557. The minimum atomic E-state index is -0.530. The average Bonchev–Trinajstić information content (AvgIpc) is 2.62. The van der Waals surface area contributed by atoms with Gasteiger partial charge in [0.25, 0.3) is 11.6 Å². The van der Waals surface area contributed by atoms with Crippen molar-refractivity contribution in [2.75, 3.05) is 20.8 Å². The van der Waals surface area contributed by atoms with E-state index in [9.17, 15) is 14.9 Å². The molecule has 1 amide bonds. The van der Waals surface area contributed by atoms with Crippen molar-refractivity contribution < 1.29 is 19.2 Å². The summed E-state index contributed by atoms with van der Waals surface area (Å²) in [5.41, 5.74) is 1.08. The van der Waals surface area contributed by atoms with Crippen LogP contribution in [-0.4, -0.2) is 31.6 Å². The minimum Gasteiger partial charge on any atom is -0.493 e. The van der Waals surface area contributed by atoms with Crippen molar-refractivity contribution in [3.63, 3.8) is 0 Å². The maximum absolute atomic E-state index is 12.1. The number of halogens is 1. The van der Waals surface area contributed by atoms with Gasteiger partial charge in [-0.2, -0.15) is 0 Å². The number of nitrogens with one attached hydrogen (secondary N) is 1. The number of nitro groups is 1. The molecule has 2 aromatic rings. The Morgan fingerprint density at radius 3 is 2.52 bits per heavy atom. The molecule has 25 heavy (non-hydrogen) atoms. The molecule has 0 bridgehead atoms. The second-order valence-corrected chi connectivity index (χ2v) is 5.97. The van der Waals surface area contributed by atoms with Gasteiger partial charge in [-0.3, -0.25) is 14.9 Å². The average molecular weight is 409 g/mol. The van der Waals surface area contributed by atoms with Crippen molar-refractivity contribution >= 4 is 27.5 Å². The lowest BCUT2D eigenvalue weighted by Crippen LogP contribution is -2.25. The Bertz CT molecular complexity index is 795. The second-order valence-electron chi connectivity index (χ2n) is 5.11. The van der Waals surface area contributed by atoms with Crippen LogP contribution in [0.1, 0.15) is 15.9 Å². The van der Waals surface area contributed by atoms with Gasteiger partial charge >= 0.3 is 0 Å². The first-order valence-corrected chi connectivity index (χ1v) is 8.18. The van der Waals surface area contributed by atoms with Gasteiger partial charge in [0.1, 0.15) is 0 Å². The van der Waals surface area contributed by atoms with Crippen LogP contribution >= 0.6 is 15.9 Å². The number of methoxy groups -OCH3 is 2. The predicted octanol–water partition coefficient (Wildman–Crippen LogP) is 3.35. The number of benzene rings is 2. The Morgan fingerprint density at radius 1 is 1.20 bits per heavy atom. The van der Waals surface area contributed by atoms with E-state index in [1.54, 1.807) is 20.3 Å². The first-order chi connectivity index (χ1) is 12.0. The van der Waals surface area contributed by atoms with Crippen molar-refractivity contribution in [1.82, 2.24) is 5.32 Å². The van der Waals surface area contributed by atoms with Gasteiger partial charge in [-0.25, -0.2) is 0 Å². The van der Waals surface area contributed by atoms with E-state index in [1.807, 2.05) is 6.07 Å². The number of ether oxygens (including phenoxy) is 2. The monoisotopic (exact) mass is 408 g/mol. The molecule has 132 valence electrons. The van der Waals surface area contributed by atoms with Crippen LogP contribution in [0, 0.1) is 10.1 Å². The predicted molar refractivity (Wildman–Crippen MR) is 96.4 cm³/mol. The molecule has 0 unspecified atom stereocenters. The Labute approximate surface area is 153 Å². The third kappa shape index (κ3) is 4.69. The fourth-order valence-electron chi connectivity index (χ4n) is 2.26. The number of amides is 1. The maximum Gasteiger partial charge on any atom is 0.270 e. The van der Waals surface area contributed by atoms with Gasteiger partial charge in [0.05, 0.1) is 19.1 Å². The third-order valence-corrected chi connectivity index (χ3v) is 4.29. The summed E-state index contributed by atoms with van der Waals surface area (Å²) in [5.74, 6) is 0.852. The van der Waals surface area contributed by atoms with Gasteiger partial charge in [0.15, 0.2) is 11.5 Å². The Hall–Kier alpha value is -2.61. The quantitative estimate of drug-likeness (QED) is 0.560. The number of hydrogen-bond acceptors (Lipinski definition) is 5. The Kier molecular flexibility index (Phi) is 6.35. The summed E-state index contributed by atoms with van der Waals surface area (Å²) in [6.45, 7) is 0.371. The molecule has 0 heterocycles. The summed E-state index contributed by atoms with van der Waals surface area (Å²) < 4.78 is 11.3. The largest absolute Gasteiger partial charge is 0.493 e. The van der Waals surface area contributed by atoms with Crippen LogP contribution in [0.5, 0.6) is 11.5 Å². The Morgan fingerprint density at radius 2 is 1.88 bits per heavy atom. The molecule has 1 N–H and O–H groups in total. The minimum absolute atomic E-state index is 0.115. The van der Waals surface area contributed by atoms with E-state index in [0.717, 1.165) is 10.0 Å². The zero-order valence-electron chi connectivity index (χ0n) is 13.7. The number of carbonyl (C=O) groups excluding carboxylic acids is 1. The van der Waals surface area contributed by atoms with Crippen LogP contribution in [0.2, 0.25) is 0 Å². The summed E-state index contributed by atoms with van der Waals surface area (Å²) in [5, 5.41) is 13.5. The van der Waals surface area contributed by atoms with Crippen LogP contribution in [0.4, 0.5) is 5.69 Å². The van der Waals surface area contributed by atoms with Crippen molar-refractivity contribution in [3.8, 4) is 11.5 Å². The third-order valence-electron chi connectivity index (χ3n) is 3.55. The number of rotatable bonds is 7. The second kappa shape index (κ2) is 8.48. The van der Waals surface area contributed by atoms with Gasteiger partial charge in [0, 0.05) is 28.7 Å². The molecule has 0 radical (unpaired) electrons. The van der Waals surface area contributed by atoms with Gasteiger partial charge in [-0.15, -0.1) is 0 Å². The summed E-state index contributed by atoms with van der Waals surface area (Å²) in [4.78, 5) is 22.4. The van der Waals surface area contributed by atoms with Crippen molar-refractivity contribution in [2.24, 2.45) is 0 Å². The fraction of sp³-hybridized carbons (Fsp3) is 0.235. The molecule has 0 fully saturated rings. The molecule has 0 aliphatic rings. The van der Waals surface area contributed by atoms with E-state index >= 15 is 0 Å². The highest BCUT2D eigenvalue weighted by molar-refractivity contribution is 9.10. The standard InChI is InChI=1S/C17H17BrN2O5/c1-24-15-9-11(14(18)10-16(15)25-2)6-7-19-17(21)12-4-3-5-13(8-12)20(22)23/h3-5,8-10H,6-7H2,1-2H3,(H,19,21). The molecule has 0 saturated carbocycles. The number of nitro benzene ring substituents is 1. The SMILES string of the molecule is COc1cc(Br)c(CCNC(=O)c2cccc([N+](=O)[O-])c2)cc1OC. The summed E-state index contributed by atoms with van der Waals surface area (Å²) >= 11 is 3.47. The lowest BCUT2D eigenvalue weighted by Gasteiger charge is -2.12. The Balaban J connectivity index is 2.02. The van der Waals surface area contributed by atoms with Gasteiger partial charge in [0.2, 0.25) is 0 Å². The summed E-state index contributed by atoms with van der Waals surface area (Å²) in [7, 11) is 3.11. The fourth-order valence-corrected chi connectivity index (χ4v) is 2.78. The highest BCUT2D eigenvalue weighted by atomic mass is 79.9. The molecule has 2 rings (SSSR count). The zero-order chi connectivity index (χ0) is 18.4. The maximum atomic E-state index is 12.1. The van der Waals surface area contributed by atoms with Crippen LogP contribution in [-0.2, 0) is 6.42 Å². The highest BCUT2D eigenvalue weighted by Gasteiger charge is 2.12. The van der Waals surface area contributed by atoms with E-state index in [0.29, 0.717) is 24.5 Å². The lowest BCUT2D eigenvalue weighted by atomic mass is 10.1. The number of non-ortho nitro benzene ring substituents is 1. The molecule has 2 aromatic carbocycles. The molecule has 0 spiro atoms. The number of nitrogens with zero attached hydrogens (tertiary/aromatic N) is 1. The zero-order valence-corrected chi connectivity index (χ0v) is 15.3. The van der Waals surface area contributed by atoms with Gasteiger partial charge in [-0.1, -0.05) is 22.0 Å². The van der Waals surface area contributed by atoms with E-state index < -0.39 is 4.92 Å². The molecule has 0 aliphatic carbocycles. The van der Waals surface area contributed by atoms with E-state index in [1.165, 1.54) is 24.3 Å². The van der Waals surface area contributed by atoms with Gasteiger partial charge < -0.3 is 14.8 Å². The van der Waals surface area contributed by atoms with Crippen molar-refractivity contribution in [1.29, 1.82) is 0 Å². The van der Waals surface area contributed by atoms with E-state index in [4.69, 9.17) is 9.47 Å². The summed E-state index contributed by atoms with van der Waals surface area (Å²) in [6, 6.07) is 9.25. The van der Waals surface area contributed by atoms with E-state index in [2.05, 4.69) is 21.2 Å². The molecule has 0 aliphatic heterocycles. The molecular weight excluding hydrogens is 392 g/mol. The highest BCUT2D eigenvalue weighted by Crippen LogP contribution is 2.33. The van der Waals surface area contributed by atoms with Crippen LogP contribution < -0.4 is 14.8 Å². The molecule has 7 nitrogen and oxygen atoms in total. The smallest absolute Gasteiger partial charge is 0.270 e. The normalized spacial score (nSPS) is 10.2. The first kappa shape index (κ1) is 18.7. The number of carbonyl (C=O) groups is 1. The van der Waals surface area contributed by atoms with Crippen LogP contribution in [0.15, 0.2) is 40.9 Å². The number of hydrogen-bond donors (Lipinski definition) is 1.